The molecule has 0 spiro atoms. The normalized spacial score (nSPS) is 17.9. The van der Waals surface area contributed by atoms with Crippen LogP contribution in [-0.2, 0) is 19.2 Å². The van der Waals surface area contributed by atoms with E-state index in [0.717, 1.165) is 9.80 Å². The first-order valence-corrected chi connectivity index (χ1v) is 7.03. The van der Waals surface area contributed by atoms with Crippen molar-refractivity contribution >= 4 is 35.0 Å². The molecule has 0 aliphatic carbocycles. The summed E-state index contributed by atoms with van der Waals surface area (Å²) in [5.74, 6) is -1.71. The molecular weight excluding hydrogens is 296 g/mol. The Morgan fingerprint density at radius 1 is 0.870 bits per heavy atom. The summed E-state index contributed by atoms with van der Waals surface area (Å²) in [6.45, 7) is 7.12. The van der Waals surface area contributed by atoms with Crippen LogP contribution in [0.2, 0.25) is 0 Å². The zero-order valence-electron chi connectivity index (χ0n) is 12.8. The number of anilines is 2. The average Bonchev–Trinajstić information content (AvgIpc) is 2.92. The van der Waals surface area contributed by atoms with Crippen LogP contribution in [0.4, 0.5) is 11.4 Å². The van der Waals surface area contributed by atoms with Gasteiger partial charge >= 0.3 is 0 Å². The van der Waals surface area contributed by atoms with Gasteiger partial charge in [-0.3, -0.25) is 19.2 Å². The number of carbonyl (C=O) groups excluding carboxylic acids is 4. The molecule has 3 rings (SSSR count). The number of nitrogens with zero attached hydrogens (tertiary/aromatic N) is 2. The first kappa shape index (κ1) is 14.9. The van der Waals surface area contributed by atoms with E-state index in [2.05, 4.69) is 6.58 Å². The van der Waals surface area contributed by atoms with Crippen LogP contribution in [0.25, 0.3) is 0 Å². The Morgan fingerprint density at radius 3 is 1.87 bits per heavy atom. The van der Waals surface area contributed by atoms with E-state index in [1.165, 1.54) is 18.2 Å². The van der Waals surface area contributed by atoms with E-state index < -0.39 is 17.7 Å². The summed E-state index contributed by atoms with van der Waals surface area (Å²) >= 11 is 0. The number of hydrogen-bond acceptors (Lipinski definition) is 4. The van der Waals surface area contributed by atoms with Gasteiger partial charge in [-0.05, 0) is 31.0 Å². The highest BCUT2D eigenvalue weighted by Gasteiger charge is 2.36. The van der Waals surface area contributed by atoms with Crippen LogP contribution in [0.1, 0.15) is 17.5 Å². The van der Waals surface area contributed by atoms with Crippen molar-refractivity contribution in [1.82, 2.24) is 0 Å². The number of carbonyl (C=O) groups is 4. The van der Waals surface area contributed by atoms with Gasteiger partial charge in [-0.2, -0.15) is 0 Å². The maximum Gasteiger partial charge on any atom is 0.260 e. The Labute approximate surface area is 132 Å². The van der Waals surface area contributed by atoms with Crippen molar-refractivity contribution in [3.63, 3.8) is 0 Å². The van der Waals surface area contributed by atoms with Gasteiger partial charge in [-0.1, -0.05) is 12.6 Å². The van der Waals surface area contributed by atoms with Gasteiger partial charge in [0.25, 0.3) is 17.7 Å². The molecule has 0 atom stereocenters. The topological polar surface area (TPSA) is 74.8 Å². The van der Waals surface area contributed by atoms with E-state index in [9.17, 15) is 19.2 Å². The lowest BCUT2D eigenvalue weighted by molar-refractivity contribution is -0.121. The number of benzene rings is 1. The summed E-state index contributed by atoms with van der Waals surface area (Å²) in [6.07, 6.45) is 2.36. The first-order chi connectivity index (χ1) is 10.8. The lowest BCUT2D eigenvalue weighted by atomic mass is 10.1. The van der Waals surface area contributed by atoms with Crippen LogP contribution in [0.3, 0.4) is 0 Å². The predicted molar refractivity (Wildman–Crippen MR) is 83.8 cm³/mol. The van der Waals surface area contributed by atoms with E-state index in [1.54, 1.807) is 19.9 Å². The molecule has 1 aromatic rings. The minimum atomic E-state index is -0.454. The molecule has 0 saturated carbocycles. The van der Waals surface area contributed by atoms with E-state index in [1.807, 2.05) is 0 Å². The Morgan fingerprint density at radius 2 is 1.39 bits per heavy atom. The van der Waals surface area contributed by atoms with Crippen molar-refractivity contribution in [3.05, 3.63) is 47.6 Å². The maximum atomic E-state index is 12.2. The molecule has 4 amide bonds. The van der Waals surface area contributed by atoms with Gasteiger partial charge in [0.1, 0.15) is 0 Å². The fourth-order valence-corrected chi connectivity index (χ4v) is 2.80. The second kappa shape index (κ2) is 5.01. The van der Waals surface area contributed by atoms with Crippen LogP contribution in [0.15, 0.2) is 36.4 Å². The second-order valence-electron chi connectivity index (χ2n) is 5.59. The standard InChI is InChI=1S/C17H14N2O4/c1-9-6-10(2)13(19-16(22)7-11(3)17(19)23)8-12(9)18-14(20)4-5-15(18)21/h4-6,8H,3,7H2,1-2H3. The first-order valence-electron chi connectivity index (χ1n) is 7.03. The molecule has 6 heteroatoms. The van der Waals surface area contributed by atoms with Gasteiger partial charge in [0.15, 0.2) is 0 Å². The molecule has 0 bridgehead atoms. The van der Waals surface area contributed by atoms with Crippen molar-refractivity contribution in [2.24, 2.45) is 0 Å². The number of rotatable bonds is 2. The third kappa shape index (κ3) is 2.19. The van der Waals surface area contributed by atoms with Crippen molar-refractivity contribution in [3.8, 4) is 0 Å². The van der Waals surface area contributed by atoms with E-state index in [4.69, 9.17) is 0 Å². The van der Waals surface area contributed by atoms with E-state index in [0.29, 0.717) is 22.5 Å². The average molecular weight is 310 g/mol. The number of amides is 4. The van der Waals surface area contributed by atoms with Gasteiger partial charge in [0, 0.05) is 17.7 Å². The molecule has 23 heavy (non-hydrogen) atoms. The number of hydrogen-bond donors (Lipinski definition) is 0. The molecule has 6 nitrogen and oxygen atoms in total. The third-order valence-electron chi connectivity index (χ3n) is 3.93. The Kier molecular flexibility index (Phi) is 3.25. The minimum Gasteiger partial charge on any atom is -0.274 e. The van der Waals surface area contributed by atoms with E-state index >= 15 is 0 Å². The molecule has 2 heterocycles. The van der Waals surface area contributed by atoms with Crippen LogP contribution >= 0.6 is 0 Å². The van der Waals surface area contributed by atoms with Crippen molar-refractivity contribution in [2.75, 3.05) is 9.80 Å². The zero-order valence-corrected chi connectivity index (χ0v) is 12.8. The smallest absolute Gasteiger partial charge is 0.260 e. The largest absolute Gasteiger partial charge is 0.274 e. The van der Waals surface area contributed by atoms with Crippen molar-refractivity contribution in [2.45, 2.75) is 20.3 Å². The van der Waals surface area contributed by atoms with Gasteiger partial charge in [-0.25, -0.2) is 9.80 Å². The minimum absolute atomic E-state index is 0.0232. The third-order valence-corrected chi connectivity index (χ3v) is 3.93. The summed E-state index contributed by atoms with van der Waals surface area (Å²) in [7, 11) is 0. The molecule has 0 unspecified atom stereocenters. The Bertz CT molecular complexity index is 817. The SMILES string of the molecule is C=C1CC(=O)N(c2cc(N3C(=O)C=CC3=O)c(C)cc2C)C1=O. The molecule has 2 aliphatic heterocycles. The van der Waals surface area contributed by atoms with Crippen molar-refractivity contribution in [1.29, 1.82) is 0 Å². The number of imide groups is 2. The highest BCUT2D eigenvalue weighted by atomic mass is 16.2. The maximum absolute atomic E-state index is 12.2. The summed E-state index contributed by atoms with van der Waals surface area (Å²) < 4.78 is 0. The van der Waals surface area contributed by atoms with Gasteiger partial charge < -0.3 is 0 Å². The van der Waals surface area contributed by atoms with Gasteiger partial charge in [0.05, 0.1) is 17.8 Å². The number of aryl methyl sites for hydroxylation is 2. The molecule has 2 aliphatic rings. The predicted octanol–water partition coefficient (Wildman–Crippen LogP) is 1.55. The zero-order chi connectivity index (χ0) is 16.9. The summed E-state index contributed by atoms with van der Waals surface area (Å²) in [4.78, 5) is 50.1. The Hall–Kier alpha value is -3.02. The van der Waals surface area contributed by atoms with Crippen LogP contribution in [-0.4, -0.2) is 23.6 Å². The molecule has 1 saturated heterocycles. The molecule has 0 radical (unpaired) electrons. The van der Waals surface area contributed by atoms with Crippen LogP contribution in [0.5, 0.6) is 0 Å². The van der Waals surface area contributed by atoms with Crippen molar-refractivity contribution < 1.29 is 19.2 Å². The van der Waals surface area contributed by atoms with E-state index in [-0.39, 0.29) is 17.9 Å². The van der Waals surface area contributed by atoms with Gasteiger partial charge in [-0.15, -0.1) is 0 Å². The fraction of sp³-hybridized carbons (Fsp3) is 0.176. The lowest BCUT2D eigenvalue weighted by Gasteiger charge is -2.22. The monoisotopic (exact) mass is 310 g/mol. The van der Waals surface area contributed by atoms with Crippen LogP contribution in [0, 0.1) is 13.8 Å². The second-order valence-corrected chi connectivity index (χ2v) is 5.59. The molecule has 1 aromatic carbocycles. The molecule has 0 N–H and O–H groups in total. The Balaban J connectivity index is 2.13. The molecule has 0 aromatic heterocycles. The lowest BCUT2D eigenvalue weighted by Crippen LogP contribution is -2.32. The fourth-order valence-electron chi connectivity index (χ4n) is 2.80. The summed E-state index contributed by atoms with van der Waals surface area (Å²) in [5.41, 5.74) is 2.37. The summed E-state index contributed by atoms with van der Waals surface area (Å²) in [5, 5.41) is 0. The van der Waals surface area contributed by atoms with Crippen LogP contribution < -0.4 is 9.80 Å². The highest BCUT2D eigenvalue weighted by molar-refractivity contribution is 6.30. The van der Waals surface area contributed by atoms with Gasteiger partial charge in [0.2, 0.25) is 5.91 Å². The molecule has 116 valence electrons. The quantitative estimate of drug-likeness (QED) is 0.613. The highest BCUT2D eigenvalue weighted by Crippen LogP contribution is 2.34. The molecular formula is C17H14N2O4. The summed E-state index contributed by atoms with van der Waals surface area (Å²) in [6, 6.07) is 3.27. The molecule has 1 fully saturated rings.